The Morgan fingerprint density at radius 1 is 1.32 bits per heavy atom. The molecule has 1 aromatic heterocycles. The predicted molar refractivity (Wildman–Crippen MR) is 79.5 cm³/mol. The first kappa shape index (κ1) is 13.8. The summed E-state index contributed by atoms with van der Waals surface area (Å²) in [6.07, 6.45) is 1.89. The first-order valence-electron chi connectivity index (χ1n) is 5.41. The smallest absolute Gasteiger partial charge is 0.191 e. The van der Waals surface area contributed by atoms with Crippen molar-refractivity contribution in [1.82, 2.24) is 9.97 Å². The fraction of sp³-hybridized carbons (Fsp3) is 0.167. The summed E-state index contributed by atoms with van der Waals surface area (Å²) < 4.78 is 5.26. The molecule has 0 bridgehead atoms. The van der Waals surface area contributed by atoms with Crippen LogP contribution >= 0.6 is 23.4 Å². The number of nitrogens with one attached hydrogen (secondary N) is 1. The lowest BCUT2D eigenvalue weighted by molar-refractivity contribution is 0.417. The van der Waals surface area contributed by atoms with Crippen molar-refractivity contribution < 1.29 is 4.74 Å². The lowest BCUT2D eigenvalue weighted by Crippen LogP contribution is -2.01. The van der Waals surface area contributed by atoms with E-state index >= 15 is 0 Å². The monoisotopic (exact) mass is 296 g/mol. The summed E-state index contributed by atoms with van der Waals surface area (Å²) in [5.41, 5.74) is 6.45. The minimum absolute atomic E-state index is 0.405. The van der Waals surface area contributed by atoms with E-state index in [2.05, 4.69) is 15.3 Å². The molecule has 3 N–H and O–H groups in total. The molecule has 7 heteroatoms. The quantitative estimate of drug-likeness (QED) is 0.667. The summed E-state index contributed by atoms with van der Waals surface area (Å²) in [6.45, 7) is 0. The molecule has 0 saturated heterocycles. The van der Waals surface area contributed by atoms with Gasteiger partial charge in [-0.3, -0.25) is 0 Å². The van der Waals surface area contributed by atoms with Crippen molar-refractivity contribution >= 4 is 40.7 Å². The number of nitrogens with zero attached hydrogens (tertiary/aromatic N) is 2. The van der Waals surface area contributed by atoms with E-state index in [1.807, 2.05) is 6.26 Å². The van der Waals surface area contributed by atoms with Gasteiger partial charge in [0.15, 0.2) is 5.16 Å². The van der Waals surface area contributed by atoms with Crippen molar-refractivity contribution in [3.63, 3.8) is 0 Å². The summed E-state index contributed by atoms with van der Waals surface area (Å²) in [6, 6.07) is 6.95. The Kier molecular flexibility index (Phi) is 4.34. The third-order valence-electron chi connectivity index (χ3n) is 2.33. The summed E-state index contributed by atoms with van der Waals surface area (Å²) in [5, 5.41) is 4.33. The molecule has 1 aromatic carbocycles. The second kappa shape index (κ2) is 5.99. The Hall–Kier alpha value is -1.66. The van der Waals surface area contributed by atoms with E-state index in [9.17, 15) is 0 Å². The van der Waals surface area contributed by atoms with Gasteiger partial charge in [0, 0.05) is 11.1 Å². The van der Waals surface area contributed by atoms with Crippen LogP contribution in [0, 0.1) is 0 Å². The maximum atomic E-state index is 5.97. The summed E-state index contributed by atoms with van der Waals surface area (Å²) in [4.78, 5) is 8.40. The zero-order valence-corrected chi connectivity index (χ0v) is 12.0. The molecule has 0 aliphatic heterocycles. The molecule has 0 saturated carbocycles. The third kappa shape index (κ3) is 3.42. The van der Waals surface area contributed by atoms with Crippen molar-refractivity contribution in [2.24, 2.45) is 0 Å². The average Bonchev–Trinajstić information content (AvgIpc) is 2.38. The number of thioether (sulfide) groups is 1. The first-order valence-corrected chi connectivity index (χ1v) is 7.01. The van der Waals surface area contributed by atoms with E-state index in [-0.39, 0.29) is 0 Å². The first-order chi connectivity index (χ1) is 9.12. The molecule has 0 spiro atoms. The van der Waals surface area contributed by atoms with Crippen LogP contribution in [0.1, 0.15) is 0 Å². The van der Waals surface area contributed by atoms with E-state index in [1.54, 1.807) is 31.4 Å². The molecule has 0 radical (unpaired) electrons. The Morgan fingerprint density at radius 2 is 2.11 bits per heavy atom. The molecule has 1 heterocycles. The molecular weight excluding hydrogens is 284 g/mol. The number of aromatic nitrogens is 2. The molecule has 0 amide bonds. The van der Waals surface area contributed by atoms with Crippen molar-refractivity contribution in [2.45, 2.75) is 5.16 Å². The number of halogens is 1. The maximum Gasteiger partial charge on any atom is 0.191 e. The molecule has 0 aliphatic rings. The molecule has 19 heavy (non-hydrogen) atoms. The zero-order valence-electron chi connectivity index (χ0n) is 10.5. The fourth-order valence-electron chi connectivity index (χ4n) is 1.51. The number of anilines is 3. The number of ether oxygens (including phenoxy) is 1. The van der Waals surface area contributed by atoms with Gasteiger partial charge < -0.3 is 15.8 Å². The van der Waals surface area contributed by atoms with Crippen LogP contribution in [0.2, 0.25) is 5.02 Å². The predicted octanol–water partition coefficient (Wildman–Crippen LogP) is 3.19. The highest BCUT2D eigenvalue weighted by atomic mass is 35.5. The Bertz CT molecular complexity index is 594. The van der Waals surface area contributed by atoms with Gasteiger partial charge in [-0.15, -0.1) is 0 Å². The number of methoxy groups -OCH3 is 1. The highest BCUT2D eigenvalue weighted by Gasteiger charge is 2.07. The van der Waals surface area contributed by atoms with Crippen LogP contribution in [0.3, 0.4) is 0 Å². The lowest BCUT2D eigenvalue weighted by Gasteiger charge is -2.11. The summed E-state index contributed by atoms with van der Waals surface area (Å²) in [5.74, 6) is 1.67. The number of nitrogen functional groups attached to an aromatic ring is 1. The number of hydrogen-bond donors (Lipinski definition) is 2. The topological polar surface area (TPSA) is 73.1 Å². The Labute approximate surface area is 120 Å². The number of rotatable bonds is 4. The summed E-state index contributed by atoms with van der Waals surface area (Å²) in [7, 11) is 1.59. The largest absolute Gasteiger partial charge is 0.495 e. The Morgan fingerprint density at radius 3 is 2.79 bits per heavy atom. The van der Waals surface area contributed by atoms with Gasteiger partial charge in [-0.1, -0.05) is 23.4 Å². The van der Waals surface area contributed by atoms with Crippen molar-refractivity contribution in [2.75, 3.05) is 24.4 Å². The Balaban J connectivity index is 2.35. The van der Waals surface area contributed by atoms with Crippen LogP contribution in [-0.4, -0.2) is 23.3 Å². The van der Waals surface area contributed by atoms with Crippen LogP contribution < -0.4 is 15.8 Å². The van der Waals surface area contributed by atoms with Crippen molar-refractivity contribution in [3.05, 3.63) is 29.3 Å². The molecule has 2 aromatic rings. The highest BCUT2D eigenvalue weighted by Crippen LogP contribution is 2.30. The van der Waals surface area contributed by atoms with E-state index < -0.39 is 0 Å². The number of hydrogen-bond acceptors (Lipinski definition) is 6. The molecule has 2 rings (SSSR count). The highest BCUT2D eigenvalue weighted by molar-refractivity contribution is 7.98. The zero-order chi connectivity index (χ0) is 13.8. The van der Waals surface area contributed by atoms with Crippen LogP contribution in [0.15, 0.2) is 29.4 Å². The minimum atomic E-state index is 0.405. The number of nitrogens with two attached hydrogens (primary N) is 1. The molecule has 100 valence electrons. The van der Waals surface area contributed by atoms with Gasteiger partial charge in [-0.05, 0) is 24.5 Å². The van der Waals surface area contributed by atoms with Gasteiger partial charge in [-0.25, -0.2) is 9.97 Å². The SMILES string of the molecule is COc1ccc(Cl)cc1Nc1cc(N)nc(SC)n1. The molecule has 0 unspecified atom stereocenters. The average molecular weight is 297 g/mol. The summed E-state index contributed by atoms with van der Waals surface area (Å²) >= 11 is 7.39. The van der Waals surface area contributed by atoms with Gasteiger partial charge in [0.2, 0.25) is 0 Å². The number of benzene rings is 1. The molecule has 0 fully saturated rings. The van der Waals surface area contributed by atoms with Crippen LogP contribution in [0.4, 0.5) is 17.3 Å². The standard InChI is InChI=1S/C12H13ClN4OS/c1-18-9-4-3-7(13)5-8(9)15-11-6-10(14)16-12(17-11)19-2/h3-6H,1-2H3,(H3,14,15,16,17). The van der Waals surface area contributed by atoms with Crippen LogP contribution in [-0.2, 0) is 0 Å². The van der Waals surface area contributed by atoms with Gasteiger partial charge >= 0.3 is 0 Å². The van der Waals surface area contributed by atoms with Crippen molar-refractivity contribution in [3.8, 4) is 5.75 Å². The lowest BCUT2D eigenvalue weighted by atomic mass is 10.3. The van der Waals surface area contributed by atoms with Gasteiger partial charge in [0.1, 0.15) is 17.4 Å². The van der Waals surface area contributed by atoms with E-state index in [4.69, 9.17) is 22.1 Å². The molecule has 0 atom stereocenters. The van der Waals surface area contributed by atoms with E-state index in [1.165, 1.54) is 11.8 Å². The van der Waals surface area contributed by atoms with Crippen LogP contribution in [0.5, 0.6) is 5.75 Å². The molecular formula is C12H13ClN4OS. The van der Waals surface area contributed by atoms with E-state index in [0.717, 1.165) is 5.69 Å². The van der Waals surface area contributed by atoms with Gasteiger partial charge in [0.25, 0.3) is 0 Å². The molecule has 5 nitrogen and oxygen atoms in total. The van der Waals surface area contributed by atoms with Gasteiger partial charge in [-0.2, -0.15) is 0 Å². The van der Waals surface area contributed by atoms with E-state index in [0.29, 0.717) is 27.6 Å². The molecule has 0 aliphatic carbocycles. The maximum absolute atomic E-state index is 5.97. The van der Waals surface area contributed by atoms with Crippen molar-refractivity contribution in [1.29, 1.82) is 0 Å². The minimum Gasteiger partial charge on any atom is -0.495 e. The van der Waals surface area contributed by atoms with Crippen LogP contribution in [0.25, 0.3) is 0 Å². The second-order valence-electron chi connectivity index (χ2n) is 3.63. The normalized spacial score (nSPS) is 10.3. The fourth-order valence-corrected chi connectivity index (χ4v) is 2.07. The van der Waals surface area contributed by atoms with Gasteiger partial charge in [0.05, 0.1) is 12.8 Å². The third-order valence-corrected chi connectivity index (χ3v) is 3.12. The second-order valence-corrected chi connectivity index (χ2v) is 4.84.